The summed E-state index contributed by atoms with van der Waals surface area (Å²) < 4.78 is 1.04. The summed E-state index contributed by atoms with van der Waals surface area (Å²) in [5, 5.41) is 16.2. The SMILES string of the molecule is CC(C)[C@@H](NC(=O)c1cc2ccccc2s1)C(=O)N1CC[C@](O)(c2ccc(Cl)cc2)C(C)(C)C1. The fourth-order valence-electron chi connectivity index (χ4n) is 4.79. The molecule has 0 bridgehead atoms. The zero-order valence-corrected chi connectivity index (χ0v) is 21.5. The van der Waals surface area contributed by atoms with Gasteiger partial charge in [-0.05, 0) is 47.6 Å². The minimum absolute atomic E-state index is 0.0778. The van der Waals surface area contributed by atoms with Crippen molar-refractivity contribution >= 4 is 44.8 Å². The van der Waals surface area contributed by atoms with Gasteiger partial charge in [0.05, 0.1) is 10.5 Å². The van der Waals surface area contributed by atoms with Gasteiger partial charge in [-0.3, -0.25) is 9.59 Å². The molecule has 2 amide bonds. The molecule has 2 heterocycles. The van der Waals surface area contributed by atoms with Crippen molar-refractivity contribution < 1.29 is 14.7 Å². The van der Waals surface area contributed by atoms with Gasteiger partial charge in [0.1, 0.15) is 6.04 Å². The van der Waals surface area contributed by atoms with Crippen molar-refractivity contribution in [1.29, 1.82) is 0 Å². The maximum atomic E-state index is 13.6. The summed E-state index contributed by atoms with van der Waals surface area (Å²) in [4.78, 5) is 29.0. The van der Waals surface area contributed by atoms with E-state index in [9.17, 15) is 14.7 Å². The van der Waals surface area contributed by atoms with E-state index < -0.39 is 17.1 Å². The number of hydrogen-bond acceptors (Lipinski definition) is 4. The lowest BCUT2D eigenvalue weighted by Crippen LogP contribution is -2.60. The van der Waals surface area contributed by atoms with Crippen LogP contribution in [-0.4, -0.2) is 41.0 Å². The topological polar surface area (TPSA) is 69.6 Å². The van der Waals surface area contributed by atoms with Crippen LogP contribution in [0.4, 0.5) is 0 Å². The first-order valence-electron chi connectivity index (χ1n) is 11.6. The molecular formula is C27H31ClN2O3S. The Morgan fingerprint density at radius 3 is 2.41 bits per heavy atom. The molecule has 1 aliphatic heterocycles. The van der Waals surface area contributed by atoms with Gasteiger partial charge in [0.15, 0.2) is 0 Å². The van der Waals surface area contributed by atoms with Crippen LogP contribution in [0.5, 0.6) is 0 Å². The molecule has 180 valence electrons. The highest BCUT2D eigenvalue weighted by molar-refractivity contribution is 7.20. The van der Waals surface area contributed by atoms with Crippen molar-refractivity contribution in [2.75, 3.05) is 13.1 Å². The first kappa shape index (κ1) is 24.7. The number of aliphatic hydroxyl groups is 1. The second-order valence-corrected chi connectivity index (χ2v) is 11.6. The van der Waals surface area contributed by atoms with E-state index in [0.29, 0.717) is 29.4 Å². The minimum Gasteiger partial charge on any atom is -0.384 e. The lowest BCUT2D eigenvalue weighted by atomic mass is 9.66. The number of benzene rings is 2. The van der Waals surface area contributed by atoms with E-state index in [1.165, 1.54) is 11.3 Å². The van der Waals surface area contributed by atoms with E-state index in [1.54, 1.807) is 17.0 Å². The highest BCUT2D eigenvalue weighted by atomic mass is 35.5. The van der Waals surface area contributed by atoms with Gasteiger partial charge in [-0.25, -0.2) is 0 Å². The molecule has 7 heteroatoms. The fourth-order valence-corrected chi connectivity index (χ4v) is 5.88. The summed E-state index contributed by atoms with van der Waals surface area (Å²) >= 11 is 7.46. The molecule has 34 heavy (non-hydrogen) atoms. The molecule has 4 rings (SSSR count). The van der Waals surface area contributed by atoms with Crippen LogP contribution < -0.4 is 5.32 Å². The highest BCUT2D eigenvalue weighted by Gasteiger charge is 2.50. The molecule has 1 aliphatic rings. The van der Waals surface area contributed by atoms with E-state index in [0.717, 1.165) is 15.6 Å². The molecule has 2 N–H and O–H groups in total. The van der Waals surface area contributed by atoms with Crippen molar-refractivity contribution in [1.82, 2.24) is 10.2 Å². The van der Waals surface area contributed by atoms with Crippen molar-refractivity contribution in [3.63, 3.8) is 0 Å². The molecule has 1 aromatic heterocycles. The maximum absolute atomic E-state index is 13.6. The standard InChI is InChI=1S/C27H31ClN2O3S/c1-17(2)23(29-24(31)22-15-18-7-5-6-8-21(18)34-22)25(32)30-14-13-27(33,26(3,4)16-30)19-9-11-20(28)12-10-19/h5-12,15,17,23,33H,13-14,16H2,1-4H3,(H,29,31)/t23-,27+/m1/s1. The number of fused-ring (bicyclic) bond motifs is 1. The van der Waals surface area contributed by atoms with E-state index in [-0.39, 0.29) is 17.7 Å². The molecule has 3 aromatic rings. The summed E-state index contributed by atoms with van der Waals surface area (Å²) in [6, 6.07) is 16.3. The molecule has 0 radical (unpaired) electrons. The van der Waals surface area contributed by atoms with Gasteiger partial charge >= 0.3 is 0 Å². The van der Waals surface area contributed by atoms with Crippen LogP contribution in [0.25, 0.3) is 10.1 Å². The van der Waals surface area contributed by atoms with Crippen molar-refractivity contribution in [2.24, 2.45) is 11.3 Å². The predicted molar refractivity (Wildman–Crippen MR) is 138 cm³/mol. The normalized spacial score (nSPS) is 21.0. The second kappa shape index (κ2) is 9.33. The van der Waals surface area contributed by atoms with Crippen molar-refractivity contribution in [2.45, 2.75) is 45.8 Å². The molecule has 0 spiro atoms. The Balaban J connectivity index is 1.51. The van der Waals surface area contributed by atoms with Gasteiger partial charge in [-0.2, -0.15) is 0 Å². The van der Waals surface area contributed by atoms with Gasteiger partial charge < -0.3 is 15.3 Å². The monoisotopic (exact) mass is 498 g/mol. The van der Waals surface area contributed by atoms with Crippen LogP contribution in [0.2, 0.25) is 5.02 Å². The number of hydrogen-bond donors (Lipinski definition) is 2. The van der Waals surface area contributed by atoms with Crippen molar-refractivity contribution in [3.8, 4) is 0 Å². The molecule has 2 atom stereocenters. The lowest BCUT2D eigenvalue weighted by molar-refractivity contribution is -0.155. The first-order valence-corrected chi connectivity index (χ1v) is 12.8. The molecule has 0 aliphatic carbocycles. The molecule has 1 fully saturated rings. The van der Waals surface area contributed by atoms with Crippen molar-refractivity contribution in [3.05, 3.63) is 70.1 Å². The van der Waals surface area contributed by atoms with Crippen LogP contribution in [0.1, 0.15) is 49.4 Å². The van der Waals surface area contributed by atoms with Crippen LogP contribution in [-0.2, 0) is 10.4 Å². The number of carbonyl (C=O) groups is 2. The third kappa shape index (κ3) is 4.59. The number of rotatable bonds is 5. The van der Waals surface area contributed by atoms with Gasteiger partial charge in [-0.1, -0.05) is 69.6 Å². The number of carbonyl (C=O) groups excluding carboxylic acids is 2. The Labute approximate surface area is 209 Å². The Hall–Kier alpha value is -2.41. The summed E-state index contributed by atoms with van der Waals surface area (Å²) in [6.07, 6.45) is 0.405. The van der Waals surface area contributed by atoms with Gasteiger partial charge in [0.25, 0.3) is 5.91 Å². The van der Waals surface area contributed by atoms with Gasteiger partial charge in [-0.15, -0.1) is 11.3 Å². The predicted octanol–water partition coefficient (Wildman–Crippen LogP) is 5.46. The summed E-state index contributed by atoms with van der Waals surface area (Å²) in [5.41, 5.74) is -0.874. The number of nitrogens with zero attached hydrogens (tertiary/aromatic N) is 1. The zero-order chi connectivity index (χ0) is 24.7. The van der Waals surface area contributed by atoms with E-state index >= 15 is 0 Å². The smallest absolute Gasteiger partial charge is 0.262 e. The molecule has 5 nitrogen and oxygen atoms in total. The third-order valence-corrected chi connectivity index (χ3v) is 8.32. The molecule has 1 saturated heterocycles. The third-order valence-electron chi connectivity index (χ3n) is 6.95. The molecular weight excluding hydrogens is 468 g/mol. The number of piperidine rings is 1. The van der Waals surface area contributed by atoms with E-state index in [4.69, 9.17) is 11.6 Å². The number of likely N-dealkylation sites (tertiary alicyclic amines) is 1. The Morgan fingerprint density at radius 1 is 1.12 bits per heavy atom. The minimum atomic E-state index is -1.08. The van der Waals surface area contributed by atoms with Gasteiger partial charge in [0, 0.05) is 28.2 Å². The molecule has 0 saturated carbocycles. The van der Waals surface area contributed by atoms with Crippen LogP contribution in [0.3, 0.4) is 0 Å². The number of nitrogens with one attached hydrogen (secondary N) is 1. The van der Waals surface area contributed by atoms with E-state index in [1.807, 2.05) is 70.2 Å². The Bertz CT molecular complexity index is 1170. The Kier molecular flexibility index (Phi) is 6.78. The summed E-state index contributed by atoms with van der Waals surface area (Å²) in [5.74, 6) is -0.427. The van der Waals surface area contributed by atoms with Crippen LogP contribution >= 0.6 is 22.9 Å². The average Bonchev–Trinajstić information content (AvgIpc) is 3.23. The average molecular weight is 499 g/mol. The Morgan fingerprint density at radius 2 is 1.79 bits per heavy atom. The van der Waals surface area contributed by atoms with Gasteiger partial charge in [0.2, 0.25) is 5.91 Å². The van der Waals surface area contributed by atoms with E-state index in [2.05, 4.69) is 5.32 Å². The number of thiophene rings is 1. The highest BCUT2D eigenvalue weighted by Crippen LogP contribution is 2.46. The quantitative estimate of drug-likeness (QED) is 0.491. The largest absolute Gasteiger partial charge is 0.384 e. The maximum Gasteiger partial charge on any atom is 0.262 e. The first-order chi connectivity index (χ1) is 16.0. The number of amides is 2. The van der Waals surface area contributed by atoms with Crippen LogP contribution in [0.15, 0.2) is 54.6 Å². The number of halogens is 1. The second-order valence-electron chi connectivity index (χ2n) is 10.1. The summed E-state index contributed by atoms with van der Waals surface area (Å²) in [7, 11) is 0. The molecule has 0 unspecified atom stereocenters. The van der Waals surface area contributed by atoms with Crippen LogP contribution in [0, 0.1) is 11.3 Å². The summed E-state index contributed by atoms with van der Waals surface area (Å²) in [6.45, 7) is 8.61. The lowest BCUT2D eigenvalue weighted by Gasteiger charge is -2.51. The zero-order valence-electron chi connectivity index (χ0n) is 20.0. The fraction of sp³-hybridized carbons (Fsp3) is 0.407. The molecule has 2 aromatic carbocycles.